The second-order valence-corrected chi connectivity index (χ2v) is 7.20. The van der Waals surface area contributed by atoms with E-state index in [9.17, 15) is 9.50 Å². The summed E-state index contributed by atoms with van der Waals surface area (Å²) < 4.78 is 24.8. The molecule has 0 amide bonds. The molecule has 0 saturated heterocycles. The highest BCUT2D eigenvalue weighted by atomic mass is 35.5. The van der Waals surface area contributed by atoms with E-state index in [-0.39, 0.29) is 12.4 Å². The van der Waals surface area contributed by atoms with Gasteiger partial charge in [0.25, 0.3) is 0 Å². The fourth-order valence-electron chi connectivity index (χ4n) is 2.99. The third-order valence-corrected chi connectivity index (χ3v) is 4.91. The Bertz CT molecular complexity index is 952. The minimum Gasteiger partial charge on any atom is -0.490 e. The second kappa shape index (κ2) is 11.0. The maximum atomic E-state index is 13.2. The normalized spacial score (nSPS) is 11.9. The summed E-state index contributed by atoms with van der Waals surface area (Å²) in [5.74, 6) is 0.831. The van der Waals surface area contributed by atoms with Gasteiger partial charge in [0.05, 0.1) is 17.7 Å². The van der Waals surface area contributed by atoms with Crippen molar-refractivity contribution in [2.75, 3.05) is 13.2 Å². The Morgan fingerprint density at radius 3 is 2.53 bits per heavy atom. The average molecular weight is 430 g/mol. The van der Waals surface area contributed by atoms with E-state index in [4.69, 9.17) is 21.1 Å². The molecule has 0 saturated carbocycles. The van der Waals surface area contributed by atoms with Crippen LogP contribution in [0.3, 0.4) is 0 Å². The Morgan fingerprint density at radius 2 is 1.80 bits per heavy atom. The van der Waals surface area contributed by atoms with Crippen LogP contribution in [0.4, 0.5) is 4.39 Å². The van der Waals surface area contributed by atoms with E-state index < -0.39 is 6.10 Å². The van der Waals surface area contributed by atoms with Crippen molar-refractivity contribution in [1.82, 2.24) is 5.32 Å². The van der Waals surface area contributed by atoms with Crippen molar-refractivity contribution >= 4 is 11.6 Å². The Labute approximate surface area is 181 Å². The minimum absolute atomic E-state index is 0.208. The molecule has 0 spiro atoms. The zero-order chi connectivity index (χ0) is 21.3. The van der Waals surface area contributed by atoms with Crippen LogP contribution in [-0.4, -0.2) is 18.3 Å². The molecule has 0 bridgehead atoms. The number of hydrogen-bond donors (Lipinski definition) is 2. The van der Waals surface area contributed by atoms with Crippen molar-refractivity contribution < 1.29 is 19.0 Å². The molecule has 0 aliphatic rings. The van der Waals surface area contributed by atoms with Gasteiger partial charge < -0.3 is 19.9 Å². The summed E-state index contributed by atoms with van der Waals surface area (Å²) in [5, 5.41) is 13.8. The third kappa shape index (κ3) is 6.20. The first-order chi connectivity index (χ1) is 14.6. The fraction of sp³-hybridized carbons (Fsp3) is 0.250. The topological polar surface area (TPSA) is 50.7 Å². The molecule has 0 radical (unpaired) electrons. The highest BCUT2D eigenvalue weighted by Crippen LogP contribution is 2.30. The first kappa shape index (κ1) is 22.1. The lowest BCUT2D eigenvalue weighted by Crippen LogP contribution is -2.21. The van der Waals surface area contributed by atoms with Gasteiger partial charge in [0.15, 0.2) is 11.5 Å². The van der Waals surface area contributed by atoms with Crippen molar-refractivity contribution in [3.63, 3.8) is 0 Å². The molecule has 3 aromatic rings. The first-order valence-corrected chi connectivity index (χ1v) is 10.2. The van der Waals surface area contributed by atoms with E-state index in [0.29, 0.717) is 41.8 Å². The van der Waals surface area contributed by atoms with E-state index in [1.54, 1.807) is 6.07 Å². The van der Waals surface area contributed by atoms with Crippen LogP contribution in [0.25, 0.3) is 0 Å². The number of nitrogens with one attached hydrogen (secondary N) is 1. The molecule has 158 valence electrons. The number of rotatable bonds is 10. The van der Waals surface area contributed by atoms with Gasteiger partial charge in [-0.25, -0.2) is 4.39 Å². The Hall–Kier alpha value is -2.60. The van der Waals surface area contributed by atoms with Gasteiger partial charge in [0.1, 0.15) is 12.4 Å². The smallest absolute Gasteiger partial charge is 0.161 e. The van der Waals surface area contributed by atoms with Crippen molar-refractivity contribution in [1.29, 1.82) is 0 Å². The van der Waals surface area contributed by atoms with Crippen molar-refractivity contribution in [2.24, 2.45) is 0 Å². The molecule has 30 heavy (non-hydrogen) atoms. The third-order valence-electron chi connectivity index (χ3n) is 4.56. The molecule has 3 rings (SSSR count). The van der Waals surface area contributed by atoms with E-state index in [1.807, 2.05) is 55.5 Å². The average Bonchev–Trinajstić information content (AvgIpc) is 2.75. The van der Waals surface area contributed by atoms with Crippen LogP contribution in [0.5, 0.6) is 11.5 Å². The van der Waals surface area contributed by atoms with Gasteiger partial charge in [0, 0.05) is 18.7 Å². The van der Waals surface area contributed by atoms with Gasteiger partial charge in [-0.3, -0.25) is 0 Å². The van der Waals surface area contributed by atoms with E-state index in [1.165, 1.54) is 12.1 Å². The van der Waals surface area contributed by atoms with Crippen molar-refractivity contribution in [3.05, 3.63) is 94.3 Å². The van der Waals surface area contributed by atoms with E-state index in [0.717, 1.165) is 11.1 Å². The molecular formula is C24H25ClFNO3. The summed E-state index contributed by atoms with van der Waals surface area (Å²) in [4.78, 5) is 0. The molecule has 0 aliphatic heterocycles. The molecule has 1 atom stereocenters. The second-order valence-electron chi connectivity index (χ2n) is 6.80. The zero-order valence-corrected chi connectivity index (χ0v) is 17.5. The van der Waals surface area contributed by atoms with Crippen molar-refractivity contribution in [2.45, 2.75) is 26.2 Å². The monoisotopic (exact) mass is 429 g/mol. The minimum atomic E-state index is -0.569. The summed E-state index contributed by atoms with van der Waals surface area (Å²) in [7, 11) is 0. The van der Waals surface area contributed by atoms with Gasteiger partial charge in [-0.05, 0) is 42.3 Å². The Morgan fingerprint density at radius 1 is 1.00 bits per heavy atom. The van der Waals surface area contributed by atoms with Crippen molar-refractivity contribution in [3.8, 4) is 11.5 Å². The van der Waals surface area contributed by atoms with Gasteiger partial charge in [0.2, 0.25) is 0 Å². The Balaban J connectivity index is 1.60. The van der Waals surface area contributed by atoms with Crippen LogP contribution < -0.4 is 14.8 Å². The van der Waals surface area contributed by atoms with E-state index >= 15 is 0 Å². The van der Waals surface area contributed by atoms with Crippen LogP contribution >= 0.6 is 11.6 Å². The number of benzene rings is 3. The maximum Gasteiger partial charge on any atom is 0.161 e. The highest BCUT2D eigenvalue weighted by Gasteiger charge is 2.10. The lowest BCUT2D eigenvalue weighted by Gasteiger charge is -2.15. The maximum absolute atomic E-state index is 13.2. The molecular weight excluding hydrogens is 405 g/mol. The van der Waals surface area contributed by atoms with Gasteiger partial charge >= 0.3 is 0 Å². The molecule has 0 heterocycles. The summed E-state index contributed by atoms with van der Waals surface area (Å²) in [6.45, 7) is 3.63. The molecule has 3 aromatic carbocycles. The molecule has 2 N–H and O–H groups in total. The van der Waals surface area contributed by atoms with Crippen LogP contribution in [0.2, 0.25) is 5.02 Å². The van der Waals surface area contributed by atoms with Crippen LogP contribution in [0, 0.1) is 5.82 Å². The summed E-state index contributed by atoms with van der Waals surface area (Å²) in [5.41, 5.74) is 2.58. The number of aliphatic hydroxyl groups is 1. The number of ether oxygens (including phenoxy) is 2. The number of halogens is 2. The lowest BCUT2D eigenvalue weighted by molar-refractivity contribution is 0.174. The summed E-state index contributed by atoms with van der Waals surface area (Å²) in [6, 6.07) is 19.5. The molecule has 0 aliphatic carbocycles. The van der Waals surface area contributed by atoms with Gasteiger partial charge in [-0.1, -0.05) is 54.1 Å². The molecule has 4 nitrogen and oxygen atoms in total. The first-order valence-electron chi connectivity index (χ1n) is 9.83. The zero-order valence-electron chi connectivity index (χ0n) is 16.8. The molecule has 0 unspecified atom stereocenters. The predicted molar refractivity (Wildman–Crippen MR) is 116 cm³/mol. The summed E-state index contributed by atoms with van der Waals surface area (Å²) >= 11 is 6.07. The lowest BCUT2D eigenvalue weighted by atomic mass is 10.1. The molecule has 6 heteroatoms. The Kier molecular flexibility index (Phi) is 8.08. The fourth-order valence-corrected chi connectivity index (χ4v) is 3.21. The molecule has 0 aromatic heterocycles. The molecule has 0 fully saturated rings. The van der Waals surface area contributed by atoms with Crippen LogP contribution in [-0.2, 0) is 13.2 Å². The van der Waals surface area contributed by atoms with Gasteiger partial charge in [-0.2, -0.15) is 0 Å². The standard InChI is InChI=1S/C24H25ClFNO3/c1-2-29-24-12-17(14-27-15-22(28)18-6-4-3-5-7-18)8-11-23(24)30-16-19-9-10-20(26)13-21(19)25/h3-13,22,27-28H,2,14-16H2,1H3/t22-/m0/s1. The number of hydrogen-bond acceptors (Lipinski definition) is 4. The number of aliphatic hydroxyl groups excluding tert-OH is 1. The predicted octanol–water partition coefficient (Wildman–Crippen LogP) is 5.28. The highest BCUT2D eigenvalue weighted by molar-refractivity contribution is 6.31. The SMILES string of the molecule is CCOc1cc(CNC[C@H](O)c2ccccc2)ccc1OCc1ccc(F)cc1Cl. The van der Waals surface area contributed by atoms with Crippen LogP contribution in [0.15, 0.2) is 66.7 Å². The largest absolute Gasteiger partial charge is 0.490 e. The van der Waals surface area contributed by atoms with Gasteiger partial charge in [-0.15, -0.1) is 0 Å². The quantitative estimate of drug-likeness (QED) is 0.460. The van der Waals surface area contributed by atoms with Crippen LogP contribution in [0.1, 0.15) is 29.7 Å². The summed E-state index contributed by atoms with van der Waals surface area (Å²) in [6.07, 6.45) is -0.569. The van der Waals surface area contributed by atoms with E-state index in [2.05, 4.69) is 5.32 Å².